The zero-order valence-electron chi connectivity index (χ0n) is 9.70. The molecule has 0 aromatic rings. The average molecular weight is 255 g/mol. The van der Waals surface area contributed by atoms with Gasteiger partial charge in [-0.25, -0.2) is 0 Å². The molecule has 0 aromatic carbocycles. The average Bonchev–Trinajstić information content (AvgIpc) is 2.01. The van der Waals surface area contributed by atoms with Crippen LogP contribution in [0, 0.1) is 11.3 Å². The molecule has 0 amide bonds. The normalized spacial score (nSPS) is 13.6. The molecule has 1 N–H and O–H groups in total. The van der Waals surface area contributed by atoms with Crippen LogP contribution < -0.4 is 0 Å². The zero-order valence-corrected chi connectivity index (χ0v) is 11.5. The first-order valence-electron chi connectivity index (χ1n) is 5.03. The molecule has 6 heteroatoms. The Morgan fingerprint density at radius 2 is 1.87 bits per heavy atom. The molecule has 0 radical (unpaired) electrons. The second-order valence-electron chi connectivity index (χ2n) is 3.88. The van der Waals surface area contributed by atoms with Gasteiger partial charge in [0.1, 0.15) is 0 Å². The summed E-state index contributed by atoms with van der Waals surface area (Å²) in [4.78, 5) is 10.0. The van der Waals surface area contributed by atoms with Crippen molar-refractivity contribution in [2.45, 2.75) is 46.2 Å². The quantitative estimate of drug-likeness (QED) is 0.585. The molecule has 0 fully saturated rings. The molecule has 0 aliphatic rings. The van der Waals surface area contributed by atoms with Gasteiger partial charge < -0.3 is 0 Å². The third-order valence-electron chi connectivity index (χ3n) is 1.93. The maximum absolute atomic E-state index is 10.0. The second kappa shape index (κ2) is 6.62. The van der Waals surface area contributed by atoms with Crippen molar-refractivity contribution in [1.82, 2.24) is 4.67 Å². The Kier molecular flexibility index (Phi) is 6.66. The molecule has 0 unspecified atom stereocenters. The van der Waals surface area contributed by atoms with Gasteiger partial charge in [-0.1, -0.05) is 0 Å². The predicted octanol–water partition coefficient (Wildman–Crippen LogP) is 2.68. The van der Waals surface area contributed by atoms with Crippen LogP contribution in [0.2, 0.25) is 0 Å². The molecule has 90 valence electrons. The van der Waals surface area contributed by atoms with Crippen LogP contribution in [0.15, 0.2) is 0 Å². The van der Waals surface area contributed by atoms with E-state index in [1.807, 2.05) is 33.8 Å². The Hall–Kier alpha value is 0.0900. The molecule has 15 heavy (non-hydrogen) atoms. The van der Waals surface area contributed by atoms with E-state index >= 15 is 0 Å². The maximum atomic E-state index is 10.0. The topological polar surface area (TPSA) is 56.5 Å². The van der Waals surface area contributed by atoms with E-state index in [1.165, 1.54) is 0 Å². The van der Waals surface area contributed by atoms with Crippen LogP contribution in [-0.2, 0) is 4.52 Å². The monoisotopic (exact) mass is 254 g/mol. The van der Waals surface area contributed by atoms with Crippen molar-refractivity contribution < 1.29 is 9.42 Å². The van der Waals surface area contributed by atoms with Crippen LogP contribution in [0.1, 0.15) is 34.1 Å². The molecular weight excluding hydrogens is 235 g/mol. The van der Waals surface area contributed by atoms with Crippen LogP contribution >= 0.6 is 18.5 Å². The number of nitriles is 1. The first kappa shape index (κ1) is 15.1. The van der Waals surface area contributed by atoms with Gasteiger partial charge in [-0.15, -0.1) is 0 Å². The van der Waals surface area contributed by atoms with Gasteiger partial charge in [0, 0.05) is 0 Å². The second-order valence-corrected chi connectivity index (χ2v) is 7.22. The van der Waals surface area contributed by atoms with E-state index in [-0.39, 0.29) is 25.1 Å². The zero-order chi connectivity index (χ0) is 12.1. The molecule has 0 spiro atoms. The Bertz CT molecular complexity index is 221. The first-order valence-corrected chi connectivity index (χ1v) is 7.85. The predicted molar refractivity (Wildman–Crippen MR) is 64.7 cm³/mol. The summed E-state index contributed by atoms with van der Waals surface area (Å²) in [7, 11) is -3.34. The van der Waals surface area contributed by atoms with Gasteiger partial charge in [0.05, 0.1) is 0 Å². The van der Waals surface area contributed by atoms with Gasteiger partial charge in [-0.3, -0.25) is 0 Å². The van der Waals surface area contributed by atoms with E-state index in [4.69, 9.17) is 21.0 Å². The van der Waals surface area contributed by atoms with Gasteiger partial charge in [-0.2, -0.15) is 0 Å². The summed E-state index contributed by atoms with van der Waals surface area (Å²) in [6.45, 7) is 7.99. The Labute approximate surface area is 97.1 Å². The van der Waals surface area contributed by atoms with Crippen molar-refractivity contribution in [3.63, 3.8) is 0 Å². The Morgan fingerprint density at radius 1 is 1.40 bits per heavy atom. The molecule has 0 saturated carbocycles. The van der Waals surface area contributed by atoms with Crippen molar-refractivity contribution in [2.75, 3.05) is 6.61 Å². The molecule has 0 aliphatic heterocycles. The van der Waals surface area contributed by atoms with Crippen LogP contribution in [0.5, 0.6) is 0 Å². The summed E-state index contributed by atoms with van der Waals surface area (Å²) in [5, 5.41) is 8.37. The van der Waals surface area contributed by atoms with Crippen molar-refractivity contribution in [2.24, 2.45) is 0 Å². The molecule has 0 bridgehead atoms. The molecule has 0 rings (SSSR count). The van der Waals surface area contributed by atoms with Crippen molar-refractivity contribution in [3.8, 4) is 6.07 Å². The van der Waals surface area contributed by atoms with Crippen LogP contribution in [-0.4, -0.2) is 28.3 Å². The molecule has 0 heterocycles. The van der Waals surface area contributed by atoms with Gasteiger partial charge in [0.15, 0.2) is 0 Å². The van der Waals surface area contributed by atoms with Crippen LogP contribution in [0.4, 0.5) is 0 Å². The van der Waals surface area contributed by atoms with E-state index in [0.717, 1.165) is 0 Å². The van der Waals surface area contributed by atoms with Gasteiger partial charge in [0.25, 0.3) is 0 Å². The fourth-order valence-corrected chi connectivity index (χ4v) is 4.72. The standard InChI is InChI=1S/C9H20ClN2O2P/c1-8(2)12(9(3)4)15(10,13)14-7-5-6-11/h8-9,13,15H,5,7H2,1-4H3. The summed E-state index contributed by atoms with van der Waals surface area (Å²) in [6, 6.07) is 2.17. The fourth-order valence-electron chi connectivity index (χ4n) is 1.53. The summed E-state index contributed by atoms with van der Waals surface area (Å²) >= 11 is 6.02. The minimum absolute atomic E-state index is 0.112. The Morgan fingerprint density at radius 3 is 2.20 bits per heavy atom. The number of hydrogen-bond acceptors (Lipinski definition) is 4. The molecule has 0 aliphatic carbocycles. The molecule has 0 atom stereocenters. The van der Waals surface area contributed by atoms with Crippen molar-refractivity contribution >= 4 is 18.5 Å². The number of hydrogen-bond donors (Lipinski definition) is 1. The summed E-state index contributed by atoms with van der Waals surface area (Å²) < 4.78 is 6.99. The summed E-state index contributed by atoms with van der Waals surface area (Å²) in [6.07, 6.45) is 0.242. The van der Waals surface area contributed by atoms with E-state index in [2.05, 4.69) is 0 Å². The summed E-state index contributed by atoms with van der Waals surface area (Å²) in [5.74, 6) is 0. The van der Waals surface area contributed by atoms with E-state index < -0.39 is 7.22 Å². The van der Waals surface area contributed by atoms with Gasteiger partial charge >= 0.3 is 96.7 Å². The van der Waals surface area contributed by atoms with Gasteiger partial charge in [-0.05, 0) is 0 Å². The number of halogens is 1. The minimum atomic E-state index is -3.34. The molecule has 0 saturated heterocycles. The third-order valence-corrected chi connectivity index (χ3v) is 5.08. The number of rotatable bonds is 6. The van der Waals surface area contributed by atoms with Crippen LogP contribution in [0.25, 0.3) is 0 Å². The van der Waals surface area contributed by atoms with Crippen molar-refractivity contribution in [3.05, 3.63) is 0 Å². The van der Waals surface area contributed by atoms with Gasteiger partial charge in [0.2, 0.25) is 0 Å². The fraction of sp³-hybridized carbons (Fsp3) is 0.889. The molecular formula is C9H20ClN2O2P. The first-order chi connectivity index (χ1) is 6.83. The third kappa shape index (κ3) is 5.10. The number of nitrogens with zero attached hydrogens (tertiary/aromatic N) is 2. The molecule has 4 nitrogen and oxygen atoms in total. The van der Waals surface area contributed by atoms with E-state index in [0.29, 0.717) is 0 Å². The van der Waals surface area contributed by atoms with Crippen LogP contribution in [0.3, 0.4) is 0 Å². The Balaban J connectivity index is 4.44. The summed E-state index contributed by atoms with van der Waals surface area (Å²) in [5.41, 5.74) is 0. The molecule has 0 aromatic heterocycles. The van der Waals surface area contributed by atoms with Crippen molar-refractivity contribution in [1.29, 1.82) is 5.26 Å². The SMILES string of the molecule is CC(C)N(C(C)C)[PH](O)(Cl)OCCC#N. The van der Waals surface area contributed by atoms with E-state index in [1.54, 1.807) is 4.67 Å². The van der Waals surface area contributed by atoms with E-state index in [9.17, 15) is 4.89 Å².